The van der Waals surface area contributed by atoms with Gasteiger partial charge in [0.25, 0.3) is 0 Å². The monoisotopic (exact) mass is 383 g/mol. The third-order valence-corrected chi connectivity index (χ3v) is 4.61. The van der Waals surface area contributed by atoms with Crippen LogP contribution in [-0.2, 0) is 0 Å². The number of ether oxygens (including phenoxy) is 1. The summed E-state index contributed by atoms with van der Waals surface area (Å²) in [6, 6.07) is 11.8. The van der Waals surface area contributed by atoms with Crippen molar-refractivity contribution in [2.45, 2.75) is 13.0 Å². The summed E-state index contributed by atoms with van der Waals surface area (Å²) in [7, 11) is 1.66. The molecule has 2 nitrogen and oxygen atoms in total. The second-order valence-corrected chi connectivity index (χ2v) is 6.09. The minimum Gasteiger partial charge on any atom is -0.497 e. The van der Waals surface area contributed by atoms with Gasteiger partial charge in [0.05, 0.1) is 13.2 Å². The fourth-order valence-corrected chi connectivity index (χ4v) is 2.98. The number of methoxy groups -OCH3 is 1. The molecular weight excluding hydrogens is 370 g/mol. The highest BCUT2D eigenvalue weighted by Gasteiger charge is 2.14. The van der Waals surface area contributed by atoms with Crippen LogP contribution >= 0.6 is 31.9 Å². The minimum atomic E-state index is -0.193. The summed E-state index contributed by atoms with van der Waals surface area (Å²) in [6.07, 6.45) is 0. The number of benzene rings is 2. The Morgan fingerprint density at radius 3 is 2.53 bits per heavy atom. The Morgan fingerprint density at radius 2 is 1.84 bits per heavy atom. The summed E-state index contributed by atoms with van der Waals surface area (Å²) in [5, 5.41) is 0. The number of hydrogen-bond acceptors (Lipinski definition) is 2. The van der Waals surface area contributed by atoms with Crippen molar-refractivity contribution in [3.63, 3.8) is 0 Å². The first-order chi connectivity index (χ1) is 9.02. The van der Waals surface area contributed by atoms with Crippen LogP contribution in [0.4, 0.5) is 0 Å². The standard InChI is InChI=1S/C15H15Br2NO/c1-9-6-14(17)12(8-13(9)16)15(18)10-4-3-5-11(7-10)19-2/h3-8,15H,18H2,1-2H3. The zero-order chi connectivity index (χ0) is 14.0. The molecule has 2 aromatic carbocycles. The normalized spacial score (nSPS) is 12.3. The van der Waals surface area contributed by atoms with E-state index in [9.17, 15) is 0 Å². The lowest BCUT2D eigenvalue weighted by atomic mass is 9.98. The third-order valence-electron chi connectivity index (χ3n) is 3.07. The molecule has 2 rings (SSSR count). The lowest BCUT2D eigenvalue weighted by Gasteiger charge is -2.16. The quantitative estimate of drug-likeness (QED) is 0.840. The van der Waals surface area contributed by atoms with Crippen molar-refractivity contribution < 1.29 is 4.74 Å². The Hall–Kier alpha value is -0.840. The summed E-state index contributed by atoms with van der Waals surface area (Å²) in [5.41, 5.74) is 9.60. The molecule has 100 valence electrons. The Bertz CT molecular complexity index is 599. The topological polar surface area (TPSA) is 35.2 Å². The van der Waals surface area contributed by atoms with Gasteiger partial charge in [-0.25, -0.2) is 0 Å². The molecule has 19 heavy (non-hydrogen) atoms. The summed E-state index contributed by atoms with van der Waals surface area (Å²) in [5.74, 6) is 0.815. The van der Waals surface area contributed by atoms with Gasteiger partial charge in [-0.3, -0.25) is 0 Å². The molecule has 0 fully saturated rings. The zero-order valence-corrected chi connectivity index (χ0v) is 14.0. The second-order valence-electron chi connectivity index (χ2n) is 4.38. The van der Waals surface area contributed by atoms with E-state index in [0.717, 1.165) is 25.8 Å². The first-order valence-electron chi connectivity index (χ1n) is 5.88. The van der Waals surface area contributed by atoms with E-state index in [4.69, 9.17) is 10.5 Å². The molecule has 0 saturated heterocycles. The number of halogens is 2. The second kappa shape index (κ2) is 6.07. The van der Waals surface area contributed by atoms with Crippen LogP contribution in [0.15, 0.2) is 45.3 Å². The van der Waals surface area contributed by atoms with Crippen molar-refractivity contribution in [1.82, 2.24) is 0 Å². The van der Waals surface area contributed by atoms with Crippen LogP contribution in [-0.4, -0.2) is 7.11 Å². The van der Waals surface area contributed by atoms with Gasteiger partial charge in [-0.1, -0.05) is 44.0 Å². The predicted molar refractivity (Wildman–Crippen MR) is 85.6 cm³/mol. The Kier molecular flexibility index (Phi) is 4.66. The molecule has 0 spiro atoms. The lowest BCUT2D eigenvalue weighted by molar-refractivity contribution is 0.414. The van der Waals surface area contributed by atoms with Crippen LogP contribution in [0.5, 0.6) is 5.75 Å². The van der Waals surface area contributed by atoms with Crippen LogP contribution in [0.25, 0.3) is 0 Å². The average molecular weight is 385 g/mol. The SMILES string of the molecule is COc1cccc(C(N)c2cc(Br)c(C)cc2Br)c1. The highest BCUT2D eigenvalue weighted by atomic mass is 79.9. The lowest BCUT2D eigenvalue weighted by Crippen LogP contribution is -2.12. The molecule has 1 unspecified atom stereocenters. The van der Waals surface area contributed by atoms with Crippen molar-refractivity contribution in [1.29, 1.82) is 0 Å². The van der Waals surface area contributed by atoms with E-state index in [-0.39, 0.29) is 6.04 Å². The molecule has 0 aliphatic carbocycles. The Balaban J connectivity index is 2.43. The van der Waals surface area contributed by atoms with Gasteiger partial charge in [0.2, 0.25) is 0 Å². The van der Waals surface area contributed by atoms with Crippen molar-refractivity contribution in [3.05, 3.63) is 62.0 Å². The van der Waals surface area contributed by atoms with Gasteiger partial charge < -0.3 is 10.5 Å². The fourth-order valence-electron chi connectivity index (χ4n) is 1.91. The molecular formula is C15H15Br2NO. The number of nitrogens with two attached hydrogens (primary N) is 1. The first-order valence-corrected chi connectivity index (χ1v) is 7.46. The van der Waals surface area contributed by atoms with Gasteiger partial charge in [0.15, 0.2) is 0 Å². The summed E-state index contributed by atoms with van der Waals surface area (Å²) in [4.78, 5) is 0. The molecule has 0 radical (unpaired) electrons. The minimum absolute atomic E-state index is 0.193. The number of hydrogen-bond donors (Lipinski definition) is 1. The van der Waals surface area contributed by atoms with Crippen LogP contribution in [0, 0.1) is 6.92 Å². The summed E-state index contributed by atoms with van der Waals surface area (Å²) in [6.45, 7) is 2.05. The van der Waals surface area contributed by atoms with E-state index in [2.05, 4.69) is 50.9 Å². The van der Waals surface area contributed by atoms with Gasteiger partial charge in [-0.05, 0) is 47.9 Å². The van der Waals surface area contributed by atoms with Gasteiger partial charge in [0.1, 0.15) is 5.75 Å². The van der Waals surface area contributed by atoms with Crippen molar-refractivity contribution in [2.75, 3.05) is 7.11 Å². The smallest absolute Gasteiger partial charge is 0.119 e. The van der Waals surface area contributed by atoms with Crippen LogP contribution in [0.3, 0.4) is 0 Å². The first kappa shape index (κ1) is 14.6. The molecule has 0 saturated carbocycles. The van der Waals surface area contributed by atoms with E-state index in [1.165, 1.54) is 5.56 Å². The summed E-state index contributed by atoms with van der Waals surface area (Å²) >= 11 is 7.13. The maximum atomic E-state index is 6.35. The van der Waals surface area contributed by atoms with Crippen molar-refractivity contribution in [2.24, 2.45) is 5.73 Å². The average Bonchev–Trinajstić information content (AvgIpc) is 2.42. The van der Waals surface area contributed by atoms with Crippen LogP contribution in [0.1, 0.15) is 22.7 Å². The van der Waals surface area contributed by atoms with Crippen LogP contribution in [0.2, 0.25) is 0 Å². The predicted octanol–water partition coefficient (Wildman–Crippen LogP) is 4.58. The van der Waals surface area contributed by atoms with Crippen LogP contribution < -0.4 is 10.5 Å². The molecule has 0 bridgehead atoms. The van der Waals surface area contributed by atoms with E-state index in [0.29, 0.717) is 0 Å². The molecule has 2 aromatic rings. The maximum Gasteiger partial charge on any atom is 0.119 e. The molecule has 0 aliphatic heterocycles. The third kappa shape index (κ3) is 3.19. The Morgan fingerprint density at radius 1 is 1.11 bits per heavy atom. The Labute approximate surface area is 130 Å². The number of rotatable bonds is 3. The number of aryl methyl sites for hydroxylation is 1. The highest BCUT2D eigenvalue weighted by Crippen LogP contribution is 2.32. The molecule has 0 aromatic heterocycles. The van der Waals surface area contributed by atoms with Gasteiger partial charge in [-0.15, -0.1) is 0 Å². The molecule has 4 heteroatoms. The molecule has 0 amide bonds. The van der Waals surface area contributed by atoms with E-state index in [1.54, 1.807) is 7.11 Å². The largest absolute Gasteiger partial charge is 0.497 e. The highest BCUT2D eigenvalue weighted by molar-refractivity contribution is 9.11. The fraction of sp³-hybridized carbons (Fsp3) is 0.200. The van der Waals surface area contributed by atoms with Gasteiger partial charge in [-0.2, -0.15) is 0 Å². The van der Waals surface area contributed by atoms with Crippen molar-refractivity contribution >= 4 is 31.9 Å². The molecule has 0 heterocycles. The van der Waals surface area contributed by atoms with Gasteiger partial charge >= 0.3 is 0 Å². The maximum absolute atomic E-state index is 6.35. The van der Waals surface area contributed by atoms with E-state index >= 15 is 0 Å². The van der Waals surface area contributed by atoms with E-state index < -0.39 is 0 Å². The molecule has 0 aliphatic rings. The summed E-state index contributed by atoms with van der Waals surface area (Å²) < 4.78 is 7.31. The zero-order valence-electron chi connectivity index (χ0n) is 10.8. The molecule has 2 N–H and O–H groups in total. The van der Waals surface area contributed by atoms with E-state index in [1.807, 2.05) is 24.3 Å². The van der Waals surface area contributed by atoms with Gasteiger partial charge in [0, 0.05) is 8.95 Å². The van der Waals surface area contributed by atoms with Crippen molar-refractivity contribution in [3.8, 4) is 5.75 Å². The molecule has 1 atom stereocenters.